The Bertz CT molecular complexity index is 1340. The highest BCUT2D eigenvalue weighted by Crippen LogP contribution is 2.25. The minimum absolute atomic E-state index is 0.00653. The van der Waals surface area contributed by atoms with Crippen molar-refractivity contribution in [1.82, 2.24) is 5.43 Å². The number of halogens is 4. The fourth-order valence-electron chi connectivity index (χ4n) is 3.33. The van der Waals surface area contributed by atoms with Crippen LogP contribution >= 0.6 is 63.7 Å². The van der Waals surface area contributed by atoms with Gasteiger partial charge in [0.25, 0.3) is 0 Å². The van der Waals surface area contributed by atoms with Crippen molar-refractivity contribution in [3.8, 4) is 0 Å². The number of carboxylic acid groups (broad SMARTS) is 1. The van der Waals surface area contributed by atoms with E-state index >= 15 is 0 Å². The van der Waals surface area contributed by atoms with Crippen molar-refractivity contribution in [3.05, 3.63) is 82.4 Å². The molecule has 0 amide bonds. The number of allylic oxidation sites excluding steroid dienone is 2. The van der Waals surface area contributed by atoms with E-state index in [0.717, 1.165) is 30.0 Å². The number of nitrogens with one attached hydrogen (secondary N) is 2. The van der Waals surface area contributed by atoms with Crippen LogP contribution in [0.2, 0.25) is 0 Å². The van der Waals surface area contributed by atoms with Crippen LogP contribution in [0.4, 0.5) is 11.4 Å². The monoisotopic (exact) mass is 850 g/mol. The molecule has 0 heterocycles. The summed E-state index contributed by atoms with van der Waals surface area (Å²) in [5, 5.41) is 28.1. The number of hydrogen-bond donors (Lipinski definition) is 3. The van der Waals surface area contributed by atoms with Crippen LogP contribution in [0.5, 0.6) is 0 Å². The maximum Gasteiger partial charge on any atom is 0.387 e. The van der Waals surface area contributed by atoms with Gasteiger partial charge in [0.1, 0.15) is 5.70 Å². The van der Waals surface area contributed by atoms with Crippen molar-refractivity contribution in [2.75, 3.05) is 25.7 Å². The molecule has 0 atom stereocenters. The number of hydrazine groups is 1. The molecule has 0 bridgehead atoms. The predicted molar refractivity (Wildman–Crippen MR) is 175 cm³/mol. The van der Waals surface area contributed by atoms with Crippen molar-refractivity contribution < 1.29 is 34.1 Å². The average molecular weight is 854 g/mol. The molecule has 11 nitrogen and oxygen atoms in total. The van der Waals surface area contributed by atoms with Gasteiger partial charge in [-0.1, -0.05) is 75.6 Å². The zero-order valence-corrected chi connectivity index (χ0v) is 29.6. The van der Waals surface area contributed by atoms with Crippen LogP contribution in [0.15, 0.2) is 77.4 Å². The second-order valence-electron chi connectivity index (χ2n) is 8.52. The van der Waals surface area contributed by atoms with Crippen LogP contribution in [0, 0.1) is 5.39 Å². The van der Waals surface area contributed by atoms with E-state index in [1.54, 1.807) is 19.1 Å². The van der Waals surface area contributed by atoms with Gasteiger partial charge in [-0.05, 0) is 56.0 Å². The van der Waals surface area contributed by atoms with Gasteiger partial charge in [0.2, 0.25) is 5.39 Å². The molecule has 0 saturated heterocycles. The molecule has 232 valence electrons. The number of benzene rings is 2. The Balaban J connectivity index is 0.000000364. The molecule has 0 aromatic heterocycles. The van der Waals surface area contributed by atoms with Gasteiger partial charge in [-0.2, -0.15) is 0 Å². The standard InChI is InChI=1S/C14H16Br2N2O4.C8H12O3.C6H3Br2N2/c1-2-22-14(21)12(4-3-5-13(19)20)18-17-11-7-9(15)6-10(16)8-11;1-11-5-8(10)6-3-2-4-7(6)9;7-4-1-5(8)3-6(2-4)10-9/h4,6-8,17-18H,2-3,5H2,1H3,(H,19,20);10H,2-5H2,1H3;1-3H/q;;+1/p-1/b12-4+;;. The van der Waals surface area contributed by atoms with Crippen molar-refractivity contribution >= 4 is 92.8 Å². The van der Waals surface area contributed by atoms with Crippen LogP contribution in [-0.2, 0) is 23.9 Å². The van der Waals surface area contributed by atoms with Crippen molar-refractivity contribution in [2.45, 2.75) is 39.0 Å². The number of Topliss-reactive ketones (excluding diaryl/α,β-unsaturated/α-hetero) is 1. The molecular formula is C28H30Br4N4O7. The van der Waals surface area contributed by atoms with Crippen LogP contribution in [-0.4, -0.2) is 43.2 Å². The Morgan fingerprint density at radius 2 is 1.63 bits per heavy atom. The second-order valence-corrected chi connectivity index (χ2v) is 12.2. The highest BCUT2D eigenvalue weighted by atomic mass is 79.9. The molecule has 3 rings (SSSR count). The van der Waals surface area contributed by atoms with Gasteiger partial charge in [-0.3, -0.25) is 15.0 Å². The number of carbonyl (C=O) groups excluding carboxylic acids is 2. The highest BCUT2D eigenvalue weighted by Gasteiger charge is 2.17. The van der Waals surface area contributed by atoms with Gasteiger partial charge in [0.15, 0.2) is 10.8 Å². The molecule has 2 aromatic rings. The number of nitrogens with zero attached hydrogens (tertiary/aromatic N) is 2. The molecule has 3 N–H and O–H groups in total. The number of hydrogen-bond acceptors (Lipinski definition) is 9. The maximum absolute atomic E-state index is 11.8. The van der Waals surface area contributed by atoms with E-state index < -0.39 is 11.9 Å². The third-order valence-electron chi connectivity index (χ3n) is 5.15. The summed E-state index contributed by atoms with van der Waals surface area (Å²) in [5.41, 5.74) is 7.49. The summed E-state index contributed by atoms with van der Waals surface area (Å²) in [6.45, 7) is 1.98. The molecule has 0 radical (unpaired) electrons. The molecule has 43 heavy (non-hydrogen) atoms. The van der Waals surface area contributed by atoms with Crippen LogP contribution < -0.4 is 16.0 Å². The lowest BCUT2D eigenvalue weighted by molar-refractivity contribution is -0.312. The summed E-state index contributed by atoms with van der Waals surface area (Å²) in [6, 6.07) is 10.8. The third-order valence-corrected chi connectivity index (χ3v) is 6.98. The summed E-state index contributed by atoms with van der Waals surface area (Å²) in [7, 11) is 1.46. The van der Waals surface area contributed by atoms with Crippen molar-refractivity contribution in [1.29, 1.82) is 5.39 Å². The number of methoxy groups -OCH3 is 1. The second kappa shape index (κ2) is 21.0. The third kappa shape index (κ3) is 16.0. The minimum atomic E-state index is -0.927. The lowest BCUT2D eigenvalue weighted by Gasteiger charge is -2.13. The Morgan fingerprint density at radius 1 is 1.05 bits per heavy atom. The molecule has 0 spiro atoms. The van der Waals surface area contributed by atoms with Gasteiger partial charge in [0, 0.05) is 50.0 Å². The number of carbonyl (C=O) groups is 3. The summed E-state index contributed by atoms with van der Waals surface area (Å²) < 4.78 is 13.1. The molecule has 2 aromatic carbocycles. The normalized spacial score (nSPS) is 13.4. The molecule has 0 aliphatic heterocycles. The van der Waals surface area contributed by atoms with E-state index in [4.69, 9.17) is 15.2 Å². The number of anilines is 1. The first kappa shape index (κ1) is 38.3. The number of esters is 1. The first-order chi connectivity index (χ1) is 20.4. The van der Waals surface area contributed by atoms with Crippen LogP contribution in [0.3, 0.4) is 0 Å². The minimum Gasteiger partial charge on any atom is -0.874 e. The Hall–Kier alpha value is -2.77. The van der Waals surface area contributed by atoms with Gasteiger partial charge in [-0.25, -0.2) is 4.79 Å². The number of diazo groups is 1. The summed E-state index contributed by atoms with van der Waals surface area (Å²) in [5.74, 6) is -1.61. The van der Waals surface area contributed by atoms with E-state index in [-0.39, 0.29) is 43.3 Å². The summed E-state index contributed by atoms with van der Waals surface area (Å²) in [4.78, 5) is 36.4. The molecular weight excluding hydrogens is 824 g/mol. The zero-order chi connectivity index (χ0) is 32.4. The van der Waals surface area contributed by atoms with Gasteiger partial charge < -0.3 is 25.1 Å². The highest BCUT2D eigenvalue weighted by molar-refractivity contribution is 9.11. The molecule has 1 aliphatic carbocycles. The van der Waals surface area contributed by atoms with E-state index in [1.807, 2.05) is 24.3 Å². The lowest BCUT2D eigenvalue weighted by atomic mass is 10.2. The number of aliphatic carboxylic acids is 1. The first-order valence-corrected chi connectivity index (χ1v) is 15.9. The average Bonchev–Trinajstić information content (AvgIpc) is 3.36. The molecule has 0 unspecified atom stereocenters. The summed E-state index contributed by atoms with van der Waals surface area (Å²) in [6.07, 6.45) is 3.65. The van der Waals surface area contributed by atoms with Crippen molar-refractivity contribution in [2.24, 2.45) is 0 Å². The Kier molecular flexibility index (Phi) is 18.7. The lowest BCUT2D eigenvalue weighted by Crippen LogP contribution is -2.27. The largest absolute Gasteiger partial charge is 0.874 e. The smallest absolute Gasteiger partial charge is 0.387 e. The molecule has 1 saturated carbocycles. The maximum atomic E-state index is 11.8. The Morgan fingerprint density at radius 3 is 2.09 bits per heavy atom. The molecule has 15 heteroatoms. The van der Waals surface area contributed by atoms with Crippen LogP contribution in [0.25, 0.3) is 4.98 Å². The van der Waals surface area contributed by atoms with Gasteiger partial charge in [0.05, 0.1) is 18.9 Å². The summed E-state index contributed by atoms with van der Waals surface area (Å²) >= 11 is 13.2. The number of ether oxygens (including phenoxy) is 2. The van der Waals surface area contributed by atoms with E-state index in [9.17, 15) is 19.5 Å². The fourth-order valence-corrected chi connectivity index (χ4v) is 5.89. The number of ketones is 1. The molecule has 1 aliphatic rings. The fraction of sp³-hybridized carbons (Fsp3) is 0.321. The first-order valence-electron chi connectivity index (χ1n) is 12.7. The quantitative estimate of drug-likeness (QED) is 0.0736. The van der Waals surface area contributed by atoms with Crippen LogP contribution in [0.1, 0.15) is 39.0 Å². The number of rotatable bonds is 10. The van der Waals surface area contributed by atoms with E-state index in [1.165, 1.54) is 13.2 Å². The van der Waals surface area contributed by atoms with Gasteiger partial charge >= 0.3 is 17.6 Å². The van der Waals surface area contributed by atoms with E-state index in [2.05, 4.69) is 84.3 Å². The predicted octanol–water partition coefficient (Wildman–Crippen LogP) is 7.14. The molecule has 1 fully saturated rings. The number of carboxylic acids is 1. The zero-order valence-electron chi connectivity index (χ0n) is 23.3. The SMILES string of the molecule is CCOC(=O)/C(=C\CCC(=O)O)NNc1cc(Br)cc(Br)c1.COCC([O-])=C1CCCC1=O.N#[N+]c1cc(Br)cc(Br)c1. The Labute approximate surface area is 283 Å². The van der Waals surface area contributed by atoms with E-state index in [0.29, 0.717) is 24.1 Å². The van der Waals surface area contributed by atoms with Crippen molar-refractivity contribution in [3.63, 3.8) is 0 Å². The van der Waals surface area contributed by atoms with Gasteiger partial charge in [-0.15, -0.1) is 0 Å². The topological polar surface area (TPSA) is 165 Å².